The first kappa shape index (κ1) is 40.5. The summed E-state index contributed by atoms with van der Waals surface area (Å²) in [6.07, 6.45) is 4.24. The summed E-state index contributed by atoms with van der Waals surface area (Å²) in [6.45, 7) is 25.7. The Labute approximate surface area is 312 Å². The molecule has 0 aliphatic rings. The first-order valence-corrected chi connectivity index (χ1v) is 18.3. The SMILES string of the molecule is CC(C)C(C(=O)/C=C(\O)C(C(C)C)C(C)C)C(C)C.Cc1c(CC(C)(C)C)ccc2c1sc1c(-c3[c-]c4ccccc4cc3)ncnc12.[Ir]. The Hall–Kier alpha value is -2.92. The number of carbonyl (C=O) groups excluding carboxylic acids is 1. The molecule has 5 rings (SSSR count). The maximum Gasteiger partial charge on any atom is 0.162 e. The number of aliphatic hydroxyl groups excluding tert-OH is 1. The molecule has 0 unspecified atom stereocenters. The van der Waals surface area contributed by atoms with Gasteiger partial charge in [-0.25, -0.2) is 4.98 Å². The first-order chi connectivity index (χ1) is 22.5. The molecule has 1 radical (unpaired) electrons. The Morgan fingerprint density at radius 3 is 2.04 bits per heavy atom. The Bertz CT molecular complexity index is 1900. The third kappa shape index (κ3) is 9.66. The number of hydrogen-bond acceptors (Lipinski definition) is 5. The van der Waals surface area contributed by atoms with Gasteiger partial charge >= 0.3 is 0 Å². The van der Waals surface area contributed by atoms with Gasteiger partial charge in [0.25, 0.3) is 0 Å². The summed E-state index contributed by atoms with van der Waals surface area (Å²) in [6, 6.07) is 20.7. The number of thiophene rings is 1. The molecule has 3 aromatic carbocycles. The van der Waals surface area contributed by atoms with Crippen LogP contribution in [-0.2, 0) is 31.3 Å². The number of rotatable bonds is 9. The molecule has 4 nitrogen and oxygen atoms in total. The van der Waals surface area contributed by atoms with Crippen LogP contribution in [0.4, 0.5) is 0 Å². The minimum atomic E-state index is -0.0119. The fraction of sp³-hybridized carbons (Fsp3) is 0.465. The molecule has 5 aromatic rings. The van der Waals surface area contributed by atoms with Crippen LogP contribution in [-0.4, -0.2) is 20.9 Å². The van der Waals surface area contributed by atoms with Crippen LogP contribution >= 0.6 is 11.3 Å². The van der Waals surface area contributed by atoms with Crippen LogP contribution in [0.5, 0.6) is 0 Å². The molecule has 0 aliphatic carbocycles. The molecule has 265 valence electrons. The summed E-state index contributed by atoms with van der Waals surface area (Å²) in [5.41, 5.74) is 6.09. The van der Waals surface area contributed by atoms with Crippen molar-refractivity contribution in [3.05, 3.63) is 83.9 Å². The topological polar surface area (TPSA) is 63.1 Å². The molecule has 0 fully saturated rings. The molecule has 0 aliphatic heterocycles. The average molecular weight is 856 g/mol. The normalized spacial score (nSPS) is 12.6. The molecule has 49 heavy (non-hydrogen) atoms. The summed E-state index contributed by atoms with van der Waals surface area (Å²) in [4.78, 5) is 21.7. The minimum absolute atomic E-state index is 0. The van der Waals surface area contributed by atoms with Crippen molar-refractivity contribution < 1.29 is 30.0 Å². The zero-order valence-corrected chi connectivity index (χ0v) is 34.6. The number of hydrogen-bond donors (Lipinski definition) is 1. The van der Waals surface area contributed by atoms with Gasteiger partial charge in [-0.05, 0) is 53.6 Å². The van der Waals surface area contributed by atoms with E-state index >= 15 is 0 Å². The van der Waals surface area contributed by atoms with Crippen LogP contribution in [0.25, 0.3) is 42.3 Å². The second-order valence-electron chi connectivity index (χ2n) is 15.9. The molecule has 0 saturated carbocycles. The number of carbonyl (C=O) groups is 1. The number of allylic oxidation sites excluding steroid dienone is 2. The second-order valence-corrected chi connectivity index (χ2v) is 16.9. The van der Waals surface area contributed by atoms with E-state index < -0.39 is 0 Å². The zero-order chi connectivity index (χ0) is 35.5. The average Bonchev–Trinajstić information content (AvgIpc) is 3.37. The van der Waals surface area contributed by atoms with E-state index in [2.05, 4.69) is 148 Å². The Balaban J connectivity index is 0.000000287. The maximum absolute atomic E-state index is 12.3. The molecule has 0 atom stereocenters. The van der Waals surface area contributed by atoms with E-state index in [1.807, 2.05) is 11.3 Å². The van der Waals surface area contributed by atoms with Gasteiger partial charge in [-0.15, -0.1) is 41.0 Å². The number of aryl methyl sites for hydroxylation is 1. The van der Waals surface area contributed by atoms with Gasteiger partial charge in [-0.2, -0.15) is 0 Å². The van der Waals surface area contributed by atoms with E-state index in [1.165, 1.54) is 32.7 Å². The van der Waals surface area contributed by atoms with Gasteiger partial charge in [0.2, 0.25) is 0 Å². The van der Waals surface area contributed by atoms with Crippen molar-refractivity contribution in [2.75, 3.05) is 0 Å². The van der Waals surface area contributed by atoms with Crippen molar-refractivity contribution in [1.29, 1.82) is 0 Å². The number of aromatic nitrogens is 2. The molecular weight excluding hydrogens is 801 g/mol. The van der Waals surface area contributed by atoms with E-state index in [1.54, 1.807) is 6.33 Å². The van der Waals surface area contributed by atoms with Crippen LogP contribution in [0.3, 0.4) is 0 Å². The standard InChI is InChI=1S/C26H23N2S.C17H32O2.Ir/c1-16-20(14-26(2,3)4)11-12-21-23-25(29-24(16)21)22(27-15-28-23)19-10-9-17-7-5-6-8-18(17)13-19;1-10(2)16(11(3)4)14(18)9-15(19)17(12(5)6)13(7)8;/h5-12,15H,14H2,1-4H3;9-13,16-18H,1-8H3;/q-1;;/b;14-9-;. The van der Waals surface area contributed by atoms with Crippen molar-refractivity contribution in [2.24, 2.45) is 40.9 Å². The minimum Gasteiger partial charge on any atom is -0.512 e. The van der Waals surface area contributed by atoms with Crippen molar-refractivity contribution in [3.8, 4) is 11.3 Å². The quantitative estimate of drug-likeness (QED) is 0.0911. The summed E-state index contributed by atoms with van der Waals surface area (Å²) in [7, 11) is 0. The van der Waals surface area contributed by atoms with Crippen LogP contribution in [0.2, 0.25) is 0 Å². The van der Waals surface area contributed by atoms with Gasteiger partial charge in [0.1, 0.15) is 6.33 Å². The van der Waals surface area contributed by atoms with E-state index in [0.717, 1.165) is 33.3 Å². The smallest absolute Gasteiger partial charge is 0.162 e. The van der Waals surface area contributed by atoms with Crippen molar-refractivity contribution in [2.45, 2.75) is 89.5 Å². The summed E-state index contributed by atoms with van der Waals surface area (Å²) < 4.78 is 2.47. The van der Waals surface area contributed by atoms with Gasteiger partial charge in [0, 0.05) is 58.5 Å². The molecule has 0 amide bonds. The van der Waals surface area contributed by atoms with Gasteiger partial charge in [-0.3, -0.25) is 9.78 Å². The molecule has 0 spiro atoms. The van der Waals surface area contributed by atoms with Gasteiger partial charge < -0.3 is 5.11 Å². The van der Waals surface area contributed by atoms with Crippen molar-refractivity contribution >= 4 is 48.2 Å². The monoisotopic (exact) mass is 856 g/mol. The number of nitrogens with zero attached hydrogens (tertiary/aromatic N) is 2. The molecule has 1 N–H and O–H groups in total. The van der Waals surface area contributed by atoms with E-state index in [4.69, 9.17) is 0 Å². The number of fused-ring (bicyclic) bond motifs is 4. The van der Waals surface area contributed by atoms with Crippen molar-refractivity contribution in [3.63, 3.8) is 0 Å². The molecule has 0 bridgehead atoms. The van der Waals surface area contributed by atoms with Crippen LogP contribution in [0, 0.1) is 53.9 Å². The predicted octanol–water partition coefficient (Wildman–Crippen LogP) is 12.2. The predicted molar refractivity (Wildman–Crippen MR) is 207 cm³/mol. The molecule has 6 heteroatoms. The Kier molecular flexibility index (Phi) is 13.9. The van der Waals surface area contributed by atoms with E-state index in [-0.39, 0.29) is 48.9 Å². The maximum atomic E-state index is 12.3. The fourth-order valence-electron chi connectivity index (χ4n) is 7.24. The molecule has 0 saturated heterocycles. The third-order valence-electron chi connectivity index (χ3n) is 9.25. The summed E-state index contributed by atoms with van der Waals surface area (Å²) in [5, 5.41) is 13.8. The van der Waals surface area contributed by atoms with Crippen molar-refractivity contribution in [1.82, 2.24) is 9.97 Å². The van der Waals surface area contributed by atoms with E-state index in [0.29, 0.717) is 23.7 Å². The molecular formula is C43H55IrN2O2S-. The fourth-order valence-corrected chi connectivity index (χ4v) is 8.52. The zero-order valence-electron chi connectivity index (χ0n) is 31.4. The number of benzene rings is 3. The van der Waals surface area contributed by atoms with Crippen LogP contribution in [0.15, 0.2) is 66.7 Å². The Morgan fingerprint density at radius 1 is 0.837 bits per heavy atom. The third-order valence-corrected chi connectivity index (χ3v) is 10.6. The van der Waals surface area contributed by atoms with Gasteiger partial charge in [0.05, 0.1) is 11.3 Å². The van der Waals surface area contributed by atoms with E-state index in [9.17, 15) is 9.90 Å². The molecule has 2 heterocycles. The largest absolute Gasteiger partial charge is 0.512 e. The van der Waals surface area contributed by atoms with Crippen LogP contribution in [0.1, 0.15) is 87.3 Å². The number of ketones is 1. The number of aliphatic hydroxyl groups is 1. The molecule has 2 aromatic heterocycles. The Morgan fingerprint density at radius 2 is 1.45 bits per heavy atom. The second kappa shape index (κ2) is 16.9. The van der Waals surface area contributed by atoms with Gasteiger partial charge in [0.15, 0.2) is 5.78 Å². The van der Waals surface area contributed by atoms with Crippen LogP contribution < -0.4 is 0 Å². The first-order valence-electron chi connectivity index (χ1n) is 17.5. The summed E-state index contributed by atoms with van der Waals surface area (Å²) in [5.74, 6) is 1.63. The van der Waals surface area contributed by atoms with Gasteiger partial charge in [-0.1, -0.05) is 117 Å². The summed E-state index contributed by atoms with van der Waals surface area (Å²) >= 11 is 1.81.